The summed E-state index contributed by atoms with van der Waals surface area (Å²) in [6.07, 6.45) is 5.97. The predicted octanol–water partition coefficient (Wildman–Crippen LogP) is 5.15. The number of methoxy groups -OCH3 is 1. The van der Waals surface area contributed by atoms with Crippen molar-refractivity contribution in [1.29, 1.82) is 0 Å². The van der Waals surface area contributed by atoms with E-state index in [-0.39, 0.29) is 18.4 Å². The fraction of sp³-hybridized carbons (Fsp3) is 0.667. The third-order valence-electron chi connectivity index (χ3n) is 6.50. The maximum Gasteiger partial charge on any atom is 0.408 e. The van der Waals surface area contributed by atoms with Crippen LogP contribution in [-0.4, -0.2) is 60.6 Å². The molecule has 0 bridgehead atoms. The van der Waals surface area contributed by atoms with Crippen molar-refractivity contribution in [2.24, 2.45) is 5.92 Å². The molecule has 2 N–H and O–H groups in total. The number of nitrogens with zero attached hydrogens (tertiary/aromatic N) is 1. The quantitative estimate of drug-likeness (QED) is 0.219. The molecular formula is C30H49N3O6. The number of nitrogens with one attached hydrogen (secondary N) is 2. The number of ether oxygens (including phenoxy) is 2. The Morgan fingerprint density at radius 3 is 2.13 bits per heavy atom. The van der Waals surface area contributed by atoms with Gasteiger partial charge in [0.25, 0.3) is 0 Å². The SMILES string of the molecule is CCCCCCCCN(C(=O)C(NC(=O)OC(C)(C)C)C(C)CC)C(C(=O)NCC(=O)OC)c1ccccc1. The highest BCUT2D eigenvalue weighted by atomic mass is 16.6. The molecule has 0 spiro atoms. The summed E-state index contributed by atoms with van der Waals surface area (Å²) >= 11 is 0. The molecule has 0 saturated carbocycles. The first kappa shape index (κ1) is 33.9. The van der Waals surface area contributed by atoms with E-state index in [1.165, 1.54) is 12.0 Å². The number of hydrogen-bond donors (Lipinski definition) is 2. The van der Waals surface area contributed by atoms with Gasteiger partial charge in [0.15, 0.2) is 0 Å². The van der Waals surface area contributed by atoms with Crippen molar-refractivity contribution < 1.29 is 28.7 Å². The van der Waals surface area contributed by atoms with E-state index < -0.39 is 35.7 Å². The van der Waals surface area contributed by atoms with Gasteiger partial charge in [0, 0.05) is 6.54 Å². The first-order valence-corrected chi connectivity index (χ1v) is 14.1. The van der Waals surface area contributed by atoms with Crippen molar-refractivity contribution in [1.82, 2.24) is 15.5 Å². The third-order valence-corrected chi connectivity index (χ3v) is 6.50. The van der Waals surface area contributed by atoms with Crippen molar-refractivity contribution in [3.8, 4) is 0 Å². The summed E-state index contributed by atoms with van der Waals surface area (Å²) in [5.41, 5.74) is -0.120. The Morgan fingerprint density at radius 1 is 0.949 bits per heavy atom. The van der Waals surface area contributed by atoms with E-state index in [0.29, 0.717) is 24.9 Å². The second-order valence-electron chi connectivity index (χ2n) is 10.9. The van der Waals surface area contributed by atoms with Crippen LogP contribution in [-0.2, 0) is 23.9 Å². The van der Waals surface area contributed by atoms with E-state index >= 15 is 0 Å². The fourth-order valence-electron chi connectivity index (χ4n) is 4.16. The van der Waals surface area contributed by atoms with Gasteiger partial charge in [-0.3, -0.25) is 14.4 Å². The van der Waals surface area contributed by atoms with Gasteiger partial charge in [0.2, 0.25) is 11.8 Å². The van der Waals surface area contributed by atoms with Crippen molar-refractivity contribution in [2.45, 2.75) is 104 Å². The Morgan fingerprint density at radius 2 is 1.56 bits per heavy atom. The first-order chi connectivity index (χ1) is 18.4. The smallest absolute Gasteiger partial charge is 0.408 e. The minimum atomic E-state index is -0.994. The van der Waals surface area contributed by atoms with Crippen LogP contribution >= 0.6 is 0 Å². The van der Waals surface area contributed by atoms with E-state index in [4.69, 9.17) is 4.74 Å². The lowest BCUT2D eigenvalue weighted by Gasteiger charge is -2.36. The Labute approximate surface area is 234 Å². The molecule has 3 amide bonds. The van der Waals surface area contributed by atoms with Crippen LogP contribution in [0.25, 0.3) is 0 Å². The van der Waals surface area contributed by atoms with Crippen LogP contribution in [0.4, 0.5) is 4.79 Å². The minimum absolute atomic E-state index is 0.216. The molecule has 0 aliphatic rings. The van der Waals surface area contributed by atoms with Gasteiger partial charge in [-0.2, -0.15) is 0 Å². The lowest BCUT2D eigenvalue weighted by Crippen LogP contribution is -2.55. The average molecular weight is 548 g/mol. The molecule has 0 aliphatic heterocycles. The molecule has 9 nitrogen and oxygen atoms in total. The zero-order valence-corrected chi connectivity index (χ0v) is 24.9. The second kappa shape index (κ2) is 17.5. The summed E-state index contributed by atoms with van der Waals surface area (Å²) in [6.45, 7) is 11.3. The largest absolute Gasteiger partial charge is 0.468 e. The average Bonchev–Trinajstić information content (AvgIpc) is 2.90. The fourth-order valence-corrected chi connectivity index (χ4v) is 4.16. The van der Waals surface area contributed by atoms with Gasteiger partial charge < -0.3 is 25.0 Å². The van der Waals surface area contributed by atoms with Crippen LogP contribution < -0.4 is 10.6 Å². The lowest BCUT2D eigenvalue weighted by atomic mass is 9.95. The highest BCUT2D eigenvalue weighted by Gasteiger charge is 2.38. The Kier molecular flexibility index (Phi) is 15.2. The van der Waals surface area contributed by atoms with E-state index in [0.717, 1.165) is 32.1 Å². The zero-order valence-electron chi connectivity index (χ0n) is 24.9. The van der Waals surface area contributed by atoms with Crippen LogP contribution in [0.5, 0.6) is 0 Å². The topological polar surface area (TPSA) is 114 Å². The summed E-state index contributed by atoms with van der Waals surface area (Å²) in [4.78, 5) is 53.8. The maximum absolute atomic E-state index is 14.2. The van der Waals surface area contributed by atoms with Crippen LogP contribution in [0.15, 0.2) is 30.3 Å². The van der Waals surface area contributed by atoms with Crippen LogP contribution in [0.1, 0.15) is 98.1 Å². The summed E-state index contributed by atoms with van der Waals surface area (Å²) in [5, 5.41) is 5.39. The van der Waals surface area contributed by atoms with Gasteiger partial charge >= 0.3 is 12.1 Å². The normalized spacial score (nSPS) is 13.5. The van der Waals surface area contributed by atoms with Gasteiger partial charge in [-0.15, -0.1) is 0 Å². The number of amides is 3. The second-order valence-corrected chi connectivity index (χ2v) is 10.9. The molecule has 220 valence electrons. The van der Waals surface area contributed by atoms with Crippen LogP contribution in [0.2, 0.25) is 0 Å². The number of carbonyl (C=O) groups is 4. The molecule has 3 atom stereocenters. The Hall–Kier alpha value is -3.10. The molecule has 0 heterocycles. The molecule has 39 heavy (non-hydrogen) atoms. The van der Waals surface area contributed by atoms with E-state index in [2.05, 4.69) is 22.3 Å². The van der Waals surface area contributed by atoms with Crippen molar-refractivity contribution >= 4 is 23.9 Å². The van der Waals surface area contributed by atoms with Gasteiger partial charge in [0.05, 0.1) is 7.11 Å². The Balaban J connectivity index is 3.40. The van der Waals surface area contributed by atoms with E-state index in [1.54, 1.807) is 45.0 Å². The molecular weight excluding hydrogens is 498 g/mol. The standard InChI is InChI=1S/C30H49N3O6/c1-8-10-11-12-13-17-20-33(28(36)25(22(3)9-2)32-29(37)39-30(4,5)6)26(23-18-15-14-16-19-23)27(35)31-21-24(34)38-7/h14-16,18-19,22,25-26H,8-13,17,20-21H2,1-7H3,(H,31,35)(H,32,37). The number of unbranched alkanes of at least 4 members (excludes halogenated alkanes) is 5. The Bertz CT molecular complexity index is 900. The van der Waals surface area contributed by atoms with E-state index in [1.807, 2.05) is 19.9 Å². The molecule has 0 aliphatic carbocycles. The van der Waals surface area contributed by atoms with Gasteiger partial charge in [-0.25, -0.2) is 4.79 Å². The summed E-state index contributed by atoms with van der Waals surface area (Å²) in [5.74, 6) is -1.67. The lowest BCUT2D eigenvalue weighted by molar-refractivity contribution is -0.145. The molecule has 0 radical (unpaired) electrons. The first-order valence-electron chi connectivity index (χ1n) is 14.1. The van der Waals surface area contributed by atoms with Gasteiger partial charge in [0.1, 0.15) is 24.2 Å². The maximum atomic E-state index is 14.2. The van der Waals surface area contributed by atoms with Crippen molar-refractivity contribution in [3.63, 3.8) is 0 Å². The summed E-state index contributed by atoms with van der Waals surface area (Å²) in [7, 11) is 1.25. The molecule has 0 fully saturated rings. The van der Waals surface area contributed by atoms with Gasteiger partial charge in [-0.05, 0) is 38.7 Å². The van der Waals surface area contributed by atoms with E-state index in [9.17, 15) is 19.2 Å². The number of rotatable bonds is 16. The molecule has 0 aromatic heterocycles. The van der Waals surface area contributed by atoms with Crippen molar-refractivity contribution in [2.75, 3.05) is 20.2 Å². The highest BCUT2D eigenvalue weighted by molar-refractivity contribution is 5.93. The predicted molar refractivity (Wildman–Crippen MR) is 152 cm³/mol. The van der Waals surface area contributed by atoms with Gasteiger partial charge in [-0.1, -0.05) is 89.6 Å². The monoisotopic (exact) mass is 547 g/mol. The molecule has 0 saturated heterocycles. The van der Waals surface area contributed by atoms with Crippen LogP contribution in [0, 0.1) is 5.92 Å². The molecule has 1 rings (SSSR count). The summed E-state index contributed by atoms with van der Waals surface area (Å²) in [6, 6.07) is 7.10. The number of alkyl carbamates (subject to hydrolysis) is 1. The van der Waals surface area contributed by atoms with Crippen LogP contribution in [0.3, 0.4) is 0 Å². The molecule has 1 aromatic rings. The molecule has 9 heteroatoms. The number of hydrogen-bond acceptors (Lipinski definition) is 6. The summed E-state index contributed by atoms with van der Waals surface area (Å²) < 4.78 is 10.1. The number of carbonyl (C=O) groups excluding carboxylic acids is 4. The number of esters is 1. The highest BCUT2D eigenvalue weighted by Crippen LogP contribution is 2.25. The zero-order chi connectivity index (χ0) is 29.4. The number of benzene rings is 1. The molecule has 1 aromatic carbocycles. The minimum Gasteiger partial charge on any atom is -0.468 e. The third kappa shape index (κ3) is 12.5. The molecule has 3 unspecified atom stereocenters. The van der Waals surface area contributed by atoms with Crippen molar-refractivity contribution in [3.05, 3.63) is 35.9 Å².